The van der Waals surface area contributed by atoms with Crippen LogP contribution in [0.5, 0.6) is 5.75 Å². The Kier molecular flexibility index (Phi) is 8.86. The number of ether oxygens (including phenoxy) is 1. The van der Waals surface area contributed by atoms with Crippen molar-refractivity contribution in [1.29, 1.82) is 0 Å². The van der Waals surface area contributed by atoms with Gasteiger partial charge in [-0.2, -0.15) is 9.97 Å². The Morgan fingerprint density at radius 3 is 2.46 bits per heavy atom. The van der Waals surface area contributed by atoms with E-state index in [4.69, 9.17) is 14.7 Å². The lowest BCUT2D eigenvalue weighted by Gasteiger charge is -2.43. The molecule has 2 saturated heterocycles. The molecular formula is C35H47N9O3S. The molecule has 3 aliphatic heterocycles. The number of H-pyrrole nitrogens is 1. The van der Waals surface area contributed by atoms with E-state index in [1.54, 1.807) is 0 Å². The number of likely N-dealkylation sites (N-methyl/N-ethyl adjacent to an activating group) is 1. The predicted octanol–water partition coefficient (Wildman–Crippen LogP) is 5.08. The number of nitrogens with one attached hydrogen (secondary N) is 3. The summed E-state index contributed by atoms with van der Waals surface area (Å²) in [5.74, 6) is 1.72. The van der Waals surface area contributed by atoms with E-state index >= 15 is 0 Å². The number of hydrogen-bond donors (Lipinski definition) is 3. The fourth-order valence-corrected chi connectivity index (χ4v) is 8.29. The summed E-state index contributed by atoms with van der Waals surface area (Å²) >= 11 is 0. The fraction of sp³-hybridized carbons (Fsp3) is 0.486. The Hall–Kier alpha value is -4.07. The first kappa shape index (κ1) is 32.5. The zero-order valence-corrected chi connectivity index (χ0v) is 29.4. The van der Waals surface area contributed by atoms with Crippen LogP contribution in [-0.4, -0.2) is 104 Å². The van der Waals surface area contributed by atoms with Crippen LogP contribution < -0.4 is 24.6 Å². The molecule has 4 aromatic rings. The lowest BCUT2D eigenvalue weighted by atomic mass is 10.0. The Morgan fingerprint density at radius 1 is 0.958 bits per heavy atom. The number of para-hydroxylation sites is 1. The molecule has 0 saturated carbocycles. The number of aromatic amines is 1. The molecule has 0 aliphatic carbocycles. The molecule has 2 aromatic heterocycles. The van der Waals surface area contributed by atoms with Gasteiger partial charge >= 0.3 is 0 Å². The van der Waals surface area contributed by atoms with Crippen molar-refractivity contribution in [1.82, 2.24) is 24.8 Å². The minimum Gasteiger partial charge on any atom is -0.489 e. The van der Waals surface area contributed by atoms with Crippen molar-refractivity contribution in [2.45, 2.75) is 52.2 Å². The number of nitrogens with zero attached hydrogens (tertiary/aromatic N) is 6. The third-order valence-electron chi connectivity index (χ3n) is 9.79. The Labute approximate surface area is 283 Å². The summed E-state index contributed by atoms with van der Waals surface area (Å²) in [6, 6.07) is 12.7. The number of piperazine rings is 1. The van der Waals surface area contributed by atoms with E-state index in [2.05, 4.69) is 56.4 Å². The van der Waals surface area contributed by atoms with Crippen molar-refractivity contribution in [3.05, 3.63) is 53.7 Å². The molecule has 0 spiro atoms. The van der Waals surface area contributed by atoms with Gasteiger partial charge in [-0.15, -0.1) is 0 Å². The van der Waals surface area contributed by atoms with Crippen LogP contribution in [0.3, 0.4) is 0 Å². The molecule has 0 unspecified atom stereocenters. The van der Waals surface area contributed by atoms with Gasteiger partial charge in [0.15, 0.2) is 0 Å². The zero-order chi connectivity index (χ0) is 33.6. The lowest BCUT2D eigenvalue weighted by Crippen LogP contribution is -2.52. The van der Waals surface area contributed by atoms with Gasteiger partial charge in [-0.05, 0) is 76.4 Å². The van der Waals surface area contributed by atoms with E-state index in [-0.39, 0.29) is 6.10 Å². The van der Waals surface area contributed by atoms with Gasteiger partial charge in [0.25, 0.3) is 0 Å². The monoisotopic (exact) mass is 673 g/mol. The molecule has 3 N–H and O–H groups in total. The Morgan fingerprint density at radius 2 is 1.73 bits per heavy atom. The third kappa shape index (κ3) is 6.63. The highest BCUT2D eigenvalue weighted by atomic mass is 32.2. The van der Waals surface area contributed by atoms with Crippen molar-refractivity contribution in [2.24, 2.45) is 0 Å². The number of anilines is 6. The molecule has 3 aliphatic rings. The maximum atomic E-state index is 12.6. The first-order chi connectivity index (χ1) is 23.0. The summed E-state index contributed by atoms with van der Waals surface area (Å²) in [5, 5.41) is 7.69. The maximum absolute atomic E-state index is 12.6. The minimum absolute atomic E-state index is 0.0222. The molecule has 0 radical (unpaired) electrons. The maximum Gasteiger partial charge on any atom is 0.232 e. The topological polar surface area (TPSA) is 122 Å². The van der Waals surface area contributed by atoms with Gasteiger partial charge in [-0.1, -0.05) is 12.1 Å². The number of aryl methyl sites for hydroxylation is 1. The zero-order valence-electron chi connectivity index (χ0n) is 28.6. The van der Waals surface area contributed by atoms with E-state index < -0.39 is 10.0 Å². The van der Waals surface area contributed by atoms with Gasteiger partial charge in [0.05, 0.1) is 34.8 Å². The number of aromatic nitrogens is 3. The van der Waals surface area contributed by atoms with Crippen molar-refractivity contribution >= 4 is 55.6 Å². The average Bonchev–Trinajstić information content (AvgIpc) is 3.71. The number of sulfonamides is 1. The molecule has 0 atom stereocenters. The van der Waals surface area contributed by atoms with Crippen LogP contribution in [-0.2, 0) is 16.4 Å². The van der Waals surface area contributed by atoms with Gasteiger partial charge in [-0.3, -0.25) is 9.21 Å². The average molecular weight is 674 g/mol. The van der Waals surface area contributed by atoms with E-state index in [1.807, 2.05) is 44.3 Å². The van der Waals surface area contributed by atoms with Crippen LogP contribution in [0, 0.1) is 6.92 Å². The van der Waals surface area contributed by atoms with E-state index in [0.29, 0.717) is 47.8 Å². The second-order valence-electron chi connectivity index (χ2n) is 13.6. The number of rotatable bonds is 9. The van der Waals surface area contributed by atoms with Crippen LogP contribution in [0.2, 0.25) is 0 Å². The molecule has 256 valence electrons. The van der Waals surface area contributed by atoms with Crippen LogP contribution in [0.25, 0.3) is 11.0 Å². The summed E-state index contributed by atoms with van der Waals surface area (Å²) in [6.45, 7) is 13.3. The summed E-state index contributed by atoms with van der Waals surface area (Å²) in [7, 11) is -1.22. The van der Waals surface area contributed by atoms with Crippen LogP contribution in [0.1, 0.15) is 37.8 Å². The van der Waals surface area contributed by atoms with Crippen LogP contribution >= 0.6 is 0 Å². The second kappa shape index (κ2) is 13.1. The highest BCUT2D eigenvalue weighted by Crippen LogP contribution is 2.40. The van der Waals surface area contributed by atoms with Crippen LogP contribution in [0.4, 0.5) is 34.5 Å². The van der Waals surface area contributed by atoms with Gasteiger partial charge in [-0.25, -0.2) is 8.42 Å². The lowest BCUT2D eigenvalue weighted by molar-refractivity contribution is 0.0982. The van der Waals surface area contributed by atoms with Gasteiger partial charge < -0.3 is 30.2 Å². The normalized spacial score (nSPS) is 18.1. The van der Waals surface area contributed by atoms with Crippen molar-refractivity contribution < 1.29 is 13.2 Å². The number of piperidine rings is 1. The largest absolute Gasteiger partial charge is 0.489 e. The van der Waals surface area contributed by atoms with Crippen molar-refractivity contribution in [2.75, 3.05) is 79.0 Å². The molecule has 7 rings (SSSR count). The summed E-state index contributed by atoms with van der Waals surface area (Å²) in [5.41, 5.74) is 6.14. The van der Waals surface area contributed by atoms with Gasteiger partial charge in [0, 0.05) is 69.8 Å². The minimum atomic E-state index is -3.43. The molecule has 48 heavy (non-hydrogen) atoms. The molecule has 2 fully saturated rings. The summed E-state index contributed by atoms with van der Waals surface area (Å²) < 4.78 is 33.1. The quantitative estimate of drug-likeness (QED) is 0.222. The molecule has 5 heterocycles. The second-order valence-corrected chi connectivity index (χ2v) is 15.5. The first-order valence-electron chi connectivity index (χ1n) is 17.0. The van der Waals surface area contributed by atoms with Gasteiger partial charge in [0.2, 0.25) is 16.0 Å². The van der Waals surface area contributed by atoms with E-state index in [0.717, 1.165) is 80.1 Å². The molecule has 13 heteroatoms. The van der Waals surface area contributed by atoms with Crippen molar-refractivity contribution in [3.63, 3.8) is 0 Å². The Balaban J connectivity index is 1.15. The molecule has 0 bridgehead atoms. The number of fused-ring (bicyclic) bond motifs is 2. The highest BCUT2D eigenvalue weighted by Gasteiger charge is 2.30. The Bertz CT molecular complexity index is 1890. The SMILES string of the molecule is Cc1cc(Nc2nc(Nc3cccc4c3N(S(C)(=O)=O)CC4)c3cc[nH]c3n2)c(OC(C)C)cc1N1CCC(N2CCN(C)CC2)CC1. The van der Waals surface area contributed by atoms with Crippen LogP contribution in [0.15, 0.2) is 42.6 Å². The first-order valence-corrected chi connectivity index (χ1v) is 18.9. The van der Waals surface area contributed by atoms with Crippen molar-refractivity contribution in [3.8, 4) is 5.75 Å². The fourth-order valence-electron chi connectivity index (χ4n) is 7.32. The highest BCUT2D eigenvalue weighted by molar-refractivity contribution is 7.92. The standard InChI is InChI=1S/C35H47N9O3S/c1-23(2)47-31-22-30(43-14-11-26(12-15-43)42-19-17-41(4)18-20-42)24(3)21-29(31)38-35-39-33-27(9-13-36-33)34(40-35)37-28-8-6-7-25-10-16-44(32(25)28)48(5,45)46/h6-9,13,21-23,26H,10-12,14-20H2,1-5H3,(H3,36,37,38,39,40). The smallest absolute Gasteiger partial charge is 0.232 e. The van der Waals surface area contributed by atoms with Gasteiger partial charge in [0.1, 0.15) is 17.2 Å². The molecular weight excluding hydrogens is 627 g/mol. The summed E-state index contributed by atoms with van der Waals surface area (Å²) in [6.07, 6.45) is 6.04. The van der Waals surface area contributed by atoms with E-state index in [1.165, 1.54) is 16.2 Å². The molecule has 0 amide bonds. The number of hydrogen-bond acceptors (Lipinski definition) is 10. The third-order valence-corrected chi connectivity index (χ3v) is 11.0. The summed E-state index contributed by atoms with van der Waals surface area (Å²) in [4.78, 5) is 20.5. The van der Waals surface area contributed by atoms with E-state index in [9.17, 15) is 8.42 Å². The number of benzene rings is 2. The molecule has 12 nitrogen and oxygen atoms in total. The molecule has 2 aromatic carbocycles. The predicted molar refractivity (Wildman–Crippen MR) is 194 cm³/mol.